The van der Waals surface area contributed by atoms with Gasteiger partial charge in [0.1, 0.15) is 0 Å². The fourth-order valence-corrected chi connectivity index (χ4v) is 4.20. The van der Waals surface area contributed by atoms with Gasteiger partial charge in [-0.3, -0.25) is 0 Å². The van der Waals surface area contributed by atoms with E-state index in [1.165, 1.54) is 0 Å². The number of aryl methyl sites for hydroxylation is 1. The average molecular weight is 319 g/mol. The molecule has 5 heteroatoms. The summed E-state index contributed by atoms with van der Waals surface area (Å²) in [6, 6.07) is 4.96. The summed E-state index contributed by atoms with van der Waals surface area (Å²) in [5.41, 5.74) is -0.0118. The second-order valence-electron chi connectivity index (χ2n) is 4.75. The Morgan fingerprint density at radius 2 is 2.06 bits per heavy atom. The highest BCUT2D eigenvalue weighted by atomic mass is 79.9. The van der Waals surface area contributed by atoms with E-state index in [2.05, 4.69) is 15.9 Å². The van der Waals surface area contributed by atoms with Crippen LogP contribution in [0.15, 0.2) is 27.6 Å². The van der Waals surface area contributed by atoms with E-state index in [0.29, 0.717) is 12.8 Å². The van der Waals surface area contributed by atoms with E-state index in [1.54, 1.807) is 18.2 Å². The molecule has 0 radical (unpaired) electrons. The molecule has 3 nitrogen and oxygen atoms in total. The van der Waals surface area contributed by atoms with Crippen molar-refractivity contribution in [3.8, 4) is 0 Å². The molecule has 1 aliphatic rings. The van der Waals surface area contributed by atoms with Crippen LogP contribution in [0.5, 0.6) is 0 Å². The van der Waals surface area contributed by atoms with Gasteiger partial charge in [0.05, 0.1) is 16.2 Å². The second kappa shape index (κ2) is 4.37. The Balaban J connectivity index is 2.28. The summed E-state index contributed by atoms with van der Waals surface area (Å²) in [5.74, 6) is -0.171. The maximum absolute atomic E-state index is 12.1. The van der Waals surface area contributed by atoms with E-state index in [-0.39, 0.29) is 10.6 Å². The summed E-state index contributed by atoms with van der Waals surface area (Å²) in [6.07, 6.45) is 2.07. The summed E-state index contributed by atoms with van der Waals surface area (Å²) >= 11 is 3.32. The van der Waals surface area contributed by atoms with Crippen molar-refractivity contribution in [3.63, 3.8) is 0 Å². The van der Waals surface area contributed by atoms with Gasteiger partial charge in [-0.1, -0.05) is 22.0 Å². The van der Waals surface area contributed by atoms with Crippen molar-refractivity contribution in [1.82, 2.24) is 0 Å². The molecule has 1 fully saturated rings. The Kier molecular flexibility index (Phi) is 3.36. The number of aliphatic hydroxyl groups is 1. The van der Waals surface area contributed by atoms with Gasteiger partial charge in [-0.25, -0.2) is 8.42 Å². The Labute approximate surface area is 110 Å². The SMILES string of the molecule is Cc1ccc(S(=O)(=O)CC2(O)CCC2)cc1Br. The third-order valence-corrected chi connectivity index (χ3v) is 5.99. The molecule has 0 unspecified atom stereocenters. The molecule has 0 bridgehead atoms. The van der Waals surface area contributed by atoms with Crippen LogP contribution in [0.1, 0.15) is 24.8 Å². The van der Waals surface area contributed by atoms with Crippen LogP contribution in [0.2, 0.25) is 0 Å². The quantitative estimate of drug-likeness (QED) is 0.931. The summed E-state index contributed by atoms with van der Waals surface area (Å²) in [6.45, 7) is 1.90. The molecule has 1 aromatic rings. The van der Waals surface area contributed by atoms with Gasteiger partial charge in [0.15, 0.2) is 9.84 Å². The van der Waals surface area contributed by atoms with Crippen LogP contribution < -0.4 is 0 Å². The van der Waals surface area contributed by atoms with Gasteiger partial charge < -0.3 is 5.11 Å². The standard InChI is InChI=1S/C12H15BrO3S/c1-9-3-4-10(7-11(9)13)17(15,16)8-12(14)5-2-6-12/h3-4,7,14H,2,5-6,8H2,1H3. The third kappa shape index (κ3) is 2.72. The van der Waals surface area contributed by atoms with Crippen molar-refractivity contribution in [3.05, 3.63) is 28.2 Å². The zero-order valence-corrected chi connectivity index (χ0v) is 12.0. The first-order chi connectivity index (χ1) is 7.82. The minimum atomic E-state index is -3.40. The number of hydrogen-bond donors (Lipinski definition) is 1. The van der Waals surface area contributed by atoms with Crippen LogP contribution in [0.4, 0.5) is 0 Å². The van der Waals surface area contributed by atoms with E-state index in [1.807, 2.05) is 6.92 Å². The Hall–Kier alpha value is -0.390. The predicted molar refractivity (Wildman–Crippen MR) is 69.7 cm³/mol. The van der Waals surface area contributed by atoms with Crippen molar-refractivity contribution in [2.75, 3.05) is 5.75 Å². The van der Waals surface area contributed by atoms with Crippen LogP contribution in [0, 0.1) is 6.92 Å². The largest absolute Gasteiger partial charge is 0.389 e. The van der Waals surface area contributed by atoms with Crippen LogP contribution in [0.25, 0.3) is 0 Å². The molecule has 94 valence electrons. The van der Waals surface area contributed by atoms with E-state index in [9.17, 15) is 13.5 Å². The van der Waals surface area contributed by atoms with Crippen LogP contribution in [0.3, 0.4) is 0 Å². The van der Waals surface area contributed by atoms with Crippen LogP contribution in [-0.2, 0) is 9.84 Å². The maximum atomic E-state index is 12.1. The van der Waals surface area contributed by atoms with Crippen molar-refractivity contribution in [2.24, 2.45) is 0 Å². The molecular formula is C12H15BrO3S. The molecule has 2 rings (SSSR count). The van der Waals surface area contributed by atoms with Crippen molar-refractivity contribution in [1.29, 1.82) is 0 Å². The lowest BCUT2D eigenvalue weighted by atomic mass is 9.82. The number of hydrogen-bond acceptors (Lipinski definition) is 3. The highest BCUT2D eigenvalue weighted by Crippen LogP contribution is 2.34. The van der Waals surface area contributed by atoms with Crippen LogP contribution in [-0.4, -0.2) is 24.9 Å². The lowest BCUT2D eigenvalue weighted by molar-refractivity contribution is -0.0114. The smallest absolute Gasteiger partial charge is 0.181 e. The number of rotatable bonds is 3. The number of halogens is 1. The van der Waals surface area contributed by atoms with E-state index in [0.717, 1.165) is 16.5 Å². The highest BCUT2D eigenvalue weighted by Gasteiger charge is 2.39. The topological polar surface area (TPSA) is 54.4 Å². The Bertz CT molecular complexity index is 533. The number of benzene rings is 1. The predicted octanol–water partition coefficient (Wildman–Crippen LogP) is 2.45. The monoisotopic (exact) mass is 318 g/mol. The van der Waals surface area contributed by atoms with Gasteiger partial charge in [0.25, 0.3) is 0 Å². The zero-order chi connectivity index (χ0) is 12.7. The molecule has 1 saturated carbocycles. The fraction of sp³-hybridized carbons (Fsp3) is 0.500. The van der Waals surface area contributed by atoms with Crippen molar-refractivity contribution >= 4 is 25.8 Å². The minimum Gasteiger partial charge on any atom is -0.389 e. The molecule has 0 saturated heterocycles. The van der Waals surface area contributed by atoms with E-state index >= 15 is 0 Å². The minimum absolute atomic E-state index is 0.171. The Morgan fingerprint density at radius 3 is 2.53 bits per heavy atom. The molecule has 0 amide bonds. The van der Waals surface area contributed by atoms with Gasteiger partial charge in [-0.15, -0.1) is 0 Å². The summed E-state index contributed by atoms with van der Waals surface area (Å²) in [4.78, 5) is 0.273. The first-order valence-electron chi connectivity index (χ1n) is 5.54. The molecule has 0 aromatic heterocycles. The third-order valence-electron chi connectivity index (χ3n) is 3.25. The summed E-state index contributed by atoms with van der Waals surface area (Å²) in [7, 11) is -3.40. The molecule has 0 spiro atoms. The van der Waals surface area contributed by atoms with Gasteiger partial charge in [-0.2, -0.15) is 0 Å². The average Bonchev–Trinajstić information content (AvgIpc) is 2.19. The highest BCUT2D eigenvalue weighted by molar-refractivity contribution is 9.10. The summed E-state index contributed by atoms with van der Waals surface area (Å²) in [5, 5.41) is 9.94. The van der Waals surface area contributed by atoms with Gasteiger partial charge >= 0.3 is 0 Å². The first-order valence-corrected chi connectivity index (χ1v) is 7.98. The maximum Gasteiger partial charge on any atom is 0.181 e. The second-order valence-corrected chi connectivity index (χ2v) is 7.59. The normalized spacial score (nSPS) is 18.8. The van der Waals surface area contributed by atoms with E-state index < -0.39 is 15.4 Å². The molecule has 1 aliphatic carbocycles. The van der Waals surface area contributed by atoms with Crippen molar-refractivity contribution in [2.45, 2.75) is 36.7 Å². The fourth-order valence-electron chi connectivity index (χ4n) is 1.93. The zero-order valence-electron chi connectivity index (χ0n) is 9.61. The first kappa shape index (κ1) is 13.1. The van der Waals surface area contributed by atoms with Gasteiger partial charge in [0.2, 0.25) is 0 Å². The van der Waals surface area contributed by atoms with E-state index in [4.69, 9.17) is 0 Å². The molecule has 17 heavy (non-hydrogen) atoms. The molecule has 0 atom stereocenters. The Morgan fingerprint density at radius 1 is 1.41 bits per heavy atom. The molecular weight excluding hydrogens is 304 g/mol. The summed E-state index contributed by atoms with van der Waals surface area (Å²) < 4.78 is 25.0. The van der Waals surface area contributed by atoms with Crippen LogP contribution >= 0.6 is 15.9 Å². The number of sulfone groups is 1. The van der Waals surface area contributed by atoms with Gasteiger partial charge in [-0.05, 0) is 43.9 Å². The van der Waals surface area contributed by atoms with Crippen molar-refractivity contribution < 1.29 is 13.5 Å². The van der Waals surface area contributed by atoms with Gasteiger partial charge in [0, 0.05) is 4.47 Å². The molecule has 1 aromatic carbocycles. The lowest BCUT2D eigenvalue weighted by Gasteiger charge is -2.36. The lowest BCUT2D eigenvalue weighted by Crippen LogP contribution is -2.43. The molecule has 0 heterocycles. The molecule has 1 N–H and O–H groups in total. The molecule has 0 aliphatic heterocycles.